The summed E-state index contributed by atoms with van der Waals surface area (Å²) in [6, 6.07) is 0. The van der Waals surface area contributed by atoms with Gasteiger partial charge in [0, 0.05) is 18.8 Å². The molecule has 2 spiro atoms. The van der Waals surface area contributed by atoms with Crippen LogP contribution in [0.3, 0.4) is 0 Å². The van der Waals surface area contributed by atoms with Gasteiger partial charge in [0.2, 0.25) is 5.60 Å². The van der Waals surface area contributed by atoms with Crippen molar-refractivity contribution < 1.29 is 33.7 Å². The molecule has 1 heterocycles. The van der Waals surface area contributed by atoms with Gasteiger partial charge in [0.15, 0.2) is 18.0 Å². The highest BCUT2D eigenvalue weighted by Gasteiger charge is 2.83. The summed E-state index contributed by atoms with van der Waals surface area (Å²) in [5.41, 5.74) is -2.04. The first-order chi connectivity index (χ1) is 13.9. The molecular weight excluding hydrogens is 388 g/mol. The van der Waals surface area contributed by atoms with Crippen molar-refractivity contribution in [3.63, 3.8) is 0 Å². The normalized spacial score (nSPS) is 52.6. The van der Waals surface area contributed by atoms with Crippen LogP contribution < -0.4 is 0 Å². The van der Waals surface area contributed by atoms with Crippen LogP contribution in [0, 0.1) is 40.4 Å². The summed E-state index contributed by atoms with van der Waals surface area (Å²) in [6.07, 6.45) is -1.04. The third-order valence-electron chi connectivity index (χ3n) is 9.09. The molecule has 0 radical (unpaired) electrons. The number of carbonyl (C=O) groups is 3. The Bertz CT molecular complexity index is 890. The maximum atomic E-state index is 14.4. The predicted molar refractivity (Wildman–Crippen MR) is 104 cm³/mol. The topological polar surface area (TPSA) is 99.1 Å². The highest BCUT2D eigenvalue weighted by Crippen LogP contribution is 2.73. The molecule has 10 atom stereocenters. The van der Waals surface area contributed by atoms with Gasteiger partial charge in [-0.25, -0.2) is 4.79 Å². The number of rotatable bonds is 1. The van der Waals surface area contributed by atoms with Gasteiger partial charge in [0.1, 0.15) is 0 Å². The minimum atomic E-state index is -1.49. The van der Waals surface area contributed by atoms with Gasteiger partial charge in [0.05, 0.1) is 11.5 Å². The maximum Gasteiger partial charge on any atom is 0.509 e. The summed E-state index contributed by atoms with van der Waals surface area (Å²) in [7, 11) is 0. The molecule has 1 aliphatic heterocycles. The highest BCUT2D eigenvalue weighted by atomic mass is 16.8. The van der Waals surface area contributed by atoms with Crippen molar-refractivity contribution in [2.24, 2.45) is 40.4 Å². The van der Waals surface area contributed by atoms with Crippen LogP contribution in [0.5, 0.6) is 0 Å². The van der Waals surface area contributed by atoms with E-state index >= 15 is 0 Å². The fraction of sp³-hybridized carbons (Fsp3) is 0.783. The van der Waals surface area contributed by atoms with Gasteiger partial charge in [-0.1, -0.05) is 33.8 Å². The summed E-state index contributed by atoms with van der Waals surface area (Å²) >= 11 is 0. The fourth-order valence-electron chi connectivity index (χ4n) is 7.74. The van der Waals surface area contributed by atoms with Gasteiger partial charge in [-0.05, 0) is 42.1 Å². The molecule has 5 rings (SSSR count). The average Bonchev–Trinajstić information content (AvgIpc) is 2.94. The smallest absolute Gasteiger partial charge is 0.454 e. The SMILES string of the molecule is CC(=O)O[C@H]1C(C)=C[C@]23C(=O)C([C@H](O)[C@H](C)[C@H]4OC(=O)O[C@@]412)[C@H]1[C@@H](C[C@H]3C)C1(C)C. The van der Waals surface area contributed by atoms with E-state index in [0.29, 0.717) is 11.5 Å². The Hall–Kier alpha value is -1.89. The molecule has 4 fully saturated rings. The molecule has 30 heavy (non-hydrogen) atoms. The van der Waals surface area contributed by atoms with Crippen LogP contribution in [-0.4, -0.2) is 46.9 Å². The van der Waals surface area contributed by atoms with Crippen molar-refractivity contribution in [2.75, 3.05) is 0 Å². The summed E-state index contributed by atoms with van der Waals surface area (Å²) in [5, 5.41) is 11.4. The number of carbonyl (C=O) groups excluding carboxylic acids is 3. The molecule has 7 heteroatoms. The van der Waals surface area contributed by atoms with Crippen LogP contribution in [0.25, 0.3) is 0 Å². The Kier molecular flexibility index (Phi) is 3.78. The van der Waals surface area contributed by atoms with Gasteiger partial charge in [-0.15, -0.1) is 0 Å². The minimum Gasteiger partial charge on any atom is -0.454 e. The molecule has 164 valence electrons. The lowest BCUT2D eigenvalue weighted by Gasteiger charge is -2.47. The van der Waals surface area contributed by atoms with Crippen LogP contribution >= 0.6 is 0 Å². The molecule has 0 aromatic carbocycles. The molecule has 0 amide bonds. The second kappa shape index (κ2) is 5.67. The van der Waals surface area contributed by atoms with E-state index in [9.17, 15) is 19.5 Å². The zero-order chi connectivity index (χ0) is 22.0. The number of esters is 1. The van der Waals surface area contributed by atoms with Gasteiger partial charge >= 0.3 is 12.1 Å². The molecule has 2 bridgehead atoms. The molecule has 7 nitrogen and oxygen atoms in total. The van der Waals surface area contributed by atoms with Gasteiger partial charge in [0.25, 0.3) is 0 Å². The van der Waals surface area contributed by atoms with Crippen LogP contribution in [-0.2, 0) is 23.8 Å². The van der Waals surface area contributed by atoms with E-state index in [-0.39, 0.29) is 23.0 Å². The molecule has 0 aromatic heterocycles. The molecule has 4 aliphatic carbocycles. The quantitative estimate of drug-likeness (QED) is 0.516. The number of Topliss-reactive ketones (excluding diaryl/α,β-unsaturated/α-hetero) is 1. The Morgan fingerprint density at radius 2 is 1.93 bits per heavy atom. The summed E-state index contributed by atoms with van der Waals surface area (Å²) in [5.74, 6) is -1.56. The fourth-order valence-corrected chi connectivity index (χ4v) is 7.74. The van der Waals surface area contributed by atoms with Gasteiger partial charge in [-0.2, -0.15) is 0 Å². The monoisotopic (exact) mass is 418 g/mol. The van der Waals surface area contributed by atoms with E-state index in [1.807, 2.05) is 13.0 Å². The molecule has 5 aliphatic rings. The molecule has 1 N–H and O–H groups in total. The third kappa shape index (κ3) is 1.98. The molecule has 1 saturated heterocycles. The summed E-state index contributed by atoms with van der Waals surface area (Å²) in [4.78, 5) is 38.9. The van der Waals surface area contributed by atoms with E-state index in [0.717, 1.165) is 6.42 Å². The van der Waals surface area contributed by atoms with E-state index in [1.165, 1.54) is 6.92 Å². The summed E-state index contributed by atoms with van der Waals surface area (Å²) in [6.45, 7) is 11.2. The summed E-state index contributed by atoms with van der Waals surface area (Å²) < 4.78 is 17.2. The average molecular weight is 418 g/mol. The zero-order valence-corrected chi connectivity index (χ0v) is 18.3. The van der Waals surface area contributed by atoms with Gasteiger partial charge < -0.3 is 19.3 Å². The van der Waals surface area contributed by atoms with Crippen molar-refractivity contribution >= 4 is 17.9 Å². The van der Waals surface area contributed by atoms with Crippen molar-refractivity contribution in [1.82, 2.24) is 0 Å². The van der Waals surface area contributed by atoms with E-state index in [1.54, 1.807) is 13.8 Å². The van der Waals surface area contributed by atoms with Crippen LogP contribution in [0.1, 0.15) is 48.0 Å². The van der Waals surface area contributed by atoms with E-state index in [4.69, 9.17) is 14.2 Å². The van der Waals surface area contributed by atoms with Gasteiger partial charge in [-0.3, -0.25) is 9.59 Å². The first-order valence-corrected chi connectivity index (χ1v) is 10.9. The number of ketones is 1. The van der Waals surface area contributed by atoms with Crippen molar-refractivity contribution in [2.45, 2.75) is 71.9 Å². The largest absolute Gasteiger partial charge is 0.509 e. The lowest BCUT2D eigenvalue weighted by Crippen LogP contribution is -2.65. The van der Waals surface area contributed by atoms with E-state index in [2.05, 4.69) is 13.8 Å². The molecular formula is C23H30O7. The Labute approximate surface area is 176 Å². The number of fused-ring (bicyclic) bond motifs is 3. The van der Waals surface area contributed by atoms with Crippen molar-refractivity contribution in [3.05, 3.63) is 11.6 Å². The van der Waals surface area contributed by atoms with Crippen LogP contribution in [0.15, 0.2) is 11.6 Å². The zero-order valence-electron chi connectivity index (χ0n) is 18.3. The molecule has 1 unspecified atom stereocenters. The second-order valence-electron chi connectivity index (χ2n) is 10.8. The first kappa shape index (κ1) is 20.0. The number of ether oxygens (including phenoxy) is 3. The maximum absolute atomic E-state index is 14.4. The lowest BCUT2D eigenvalue weighted by molar-refractivity contribution is -0.181. The van der Waals surface area contributed by atoms with E-state index < -0.39 is 53.3 Å². The number of aliphatic hydroxyl groups is 1. The standard InChI is InChI=1S/C23H30O7/c1-9-8-22-10(2)7-13-15(21(13,5)6)14(17(22)26)16(25)11(3)19-23(22,30-20(27)29-19)18(9)28-12(4)24/h8,10-11,13-16,18-19,25H,7H2,1-6H3/t10-,11+,13-,14?,15-,16-,18+,19-,22+,23-/m1/s1. The first-order valence-electron chi connectivity index (χ1n) is 10.9. The van der Waals surface area contributed by atoms with Crippen molar-refractivity contribution in [1.29, 1.82) is 0 Å². The number of hydrogen-bond acceptors (Lipinski definition) is 7. The molecule has 0 aromatic rings. The second-order valence-corrected chi connectivity index (χ2v) is 10.8. The highest BCUT2D eigenvalue weighted by molar-refractivity contribution is 5.95. The Balaban J connectivity index is 1.79. The lowest BCUT2D eigenvalue weighted by atomic mass is 9.59. The Morgan fingerprint density at radius 3 is 2.57 bits per heavy atom. The van der Waals surface area contributed by atoms with Crippen molar-refractivity contribution in [3.8, 4) is 0 Å². The number of aliphatic hydroxyl groups excluding tert-OH is 1. The Morgan fingerprint density at radius 1 is 1.27 bits per heavy atom. The molecule has 3 saturated carbocycles. The van der Waals surface area contributed by atoms with Crippen LogP contribution in [0.4, 0.5) is 4.79 Å². The predicted octanol–water partition coefficient (Wildman–Crippen LogP) is 2.65. The third-order valence-corrected chi connectivity index (χ3v) is 9.09. The number of hydrogen-bond donors (Lipinski definition) is 1. The van der Waals surface area contributed by atoms with Crippen LogP contribution in [0.2, 0.25) is 0 Å². The minimum absolute atomic E-state index is 0.0340.